The van der Waals surface area contributed by atoms with Gasteiger partial charge in [-0.1, -0.05) is 0 Å². The Morgan fingerprint density at radius 2 is 2.21 bits per heavy atom. The van der Waals surface area contributed by atoms with E-state index in [0.29, 0.717) is 5.69 Å². The lowest BCUT2D eigenvalue weighted by Crippen LogP contribution is -2.36. The maximum atomic E-state index is 11.1. The first-order valence-corrected chi connectivity index (χ1v) is 6.09. The largest absolute Gasteiger partial charge is 0.473 e. The summed E-state index contributed by atoms with van der Waals surface area (Å²) in [5, 5.41) is 30.8. The summed E-state index contributed by atoms with van der Waals surface area (Å²) in [4.78, 5) is 4.00. The molecule has 0 aromatic carbocycles. The van der Waals surface area contributed by atoms with Crippen LogP contribution in [0.15, 0.2) is 18.3 Å². The number of nitrogens with zero attached hydrogens (tertiary/aromatic N) is 5. The van der Waals surface area contributed by atoms with Crippen molar-refractivity contribution in [3.8, 4) is 11.5 Å². The minimum absolute atomic E-state index is 0.251. The molecule has 12 heteroatoms. The number of hydrogen-bond acceptors (Lipinski definition) is 7. The summed E-state index contributed by atoms with van der Waals surface area (Å²) in [6.45, 7) is 0. The third-order valence-electron chi connectivity index (χ3n) is 2.13. The third kappa shape index (κ3) is 3.32. The fourth-order valence-corrected chi connectivity index (χ4v) is 1.89. The van der Waals surface area contributed by atoms with Gasteiger partial charge in [-0.25, -0.2) is 4.21 Å². The van der Waals surface area contributed by atoms with Gasteiger partial charge in [0.25, 0.3) is 11.3 Å². The minimum atomic E-state index is -2.39. The summed E-state index contributed by atoms with van der Waals surface area (Å²) < 4.78 is 21.0. The van der Waals surface area contributed by atoms with Crippen molar-refractivity contribution in [1.82, 2.24) is 25.6 Å². The molecule has 0 saturated carbocycles. The Balaban J connectivity index is 2.23. The van der Waals surface area contributed by atoms with Gasteiger partial charge in [-0.3, -0.25) is 13.8 Å². The van der Waals surface area contributed by atoms with E-state index in [0.717, 1.165) is 4.31 Å². The van der Waals surface area contributed by atoms with Gasteiger partial charge in [0.05, 0.1) is 18.3 Å². The monoisotopic (exact) mass is 284 g/mol. The fourth-order valence-electron chi connectivity index (χ4n) is 1.34. The molecule has 2 heterocycles. The van der Waals surface area contributed by atoms with Crippen molar-refractivity contribution < 1.29 is 18.8 Å². The molecule has 0 aliphatic rings. The van der Waals surface area contributed by atoms with Crippen molar-refractivity contribution >= 4 is 24.1 Å². The van der Waals surface area contributed by atoms with Crippen LogP contribution in [0.1, 0.15) is 0 Å². The number of tetrazole rings is 1. The SMILES string of the molecule is O=S(O)N(CB(O)O)c1ccc(-c2nn[nH]n2)nc1. The van der Waals surface area contributed by atoms with Crippen molar-refractivity contribution in [2.75, 3.05) is 10.7 Å². The number of rotatable bonds is 5. The van der Waals surface area contributed by atoms with Crippen molar-refractivity contribution in [1.29, 1.82) is 0 Å². The zero-order valence-electron chi connectivity index (χ0n) is 9.41. The topological polar surface area (TPSA) is 148 Å². The van der Waals surface area contributed by atoms with E-state index >= 15 is 0 Å². The maximum absolute atomic E-state index is 11.1. The third-order valence-corrected chi connectivity index (χ3v) is 2.86. The highest BCUT2D eigenvalue weighted by atomic mass is 32.2. The Hall–Kier alpha value is -1.89. The van der Waals surface area contributed by atoms with Gasteiger partial charge >= 0.3 is 7.12 Å². The first-order valence-electron chi connectivity index (χ1n) is 5.02. The van der Waals surface area contributed by atoms with Crippen LogP contribution in [0.25, 0.3) is 11.5 Å². The molecule has 2 aromatic rings. The molecule has 0 amide bonds. The lowest BCUT2D eigenvalue weighted by atomic mass is 9.92. The summed E-state index contributed by atoms with van der Waals surface area (Å²) in [5.41, 5.74) is 0.673. The Morgan fingerprint density at radius 1 is 1.42 bits per heavy atom. The molecule has 0 fully saturated rings. The second-order valence-electron chi connectivity index (χ2n) is 3.41. The van der Waals surface area contributed by atoms with Crippen LogP contribution in [0.5, 0.6) is 0 Å². The number of anilines is 1. The zero-order chi connectivity index (χ0) is 13.8. The normalized spacial score (nSPS) is 12.2. The fraction of sp³-hybridized carbons (Fsp3) is 0.143. The summed E-state index contributed by atoms with van der Waals surface area (Å²) in [6, 6.07) is 3.00. The second-order valence-corrected chi connectivity index (χ2v) is 4.31. The number of aromatic amines is 1. The minimum Gasteiger partial charge on any atom is -0.426 e. The van der Waals surface area contributed by atoms with Crippen LogP contribution in [0.2, 0.25) is 0 Å². The number of hydrogen-bond donors (Lipinski definition) is 4. The van der Waals surface area contributed by atoms with E-state index in [9.17, 15) is 4.21 Å². The molecule has 19 heavy (non-hydrogen) atoms. The summed E-state index contributed by atoms with van der Waals surface area (Å²) in [6.07, 6.45) is 0.870. The molecule has 100 valence electrons. The van der Waals surface area contributed by atoms with E-state index < -0.39 is 24.8 Å². The van der Waals surface area contributed by atoms with Crippen molar-refractivity contribution in [2.45, 2.75) is 0 Å². The number of aromatic nitrogens is 5. The molecule has 2 aromatic heterocycles. The van der Waals surface area contributed by atoms with E-state index in [1.165, 1.54) is 18.3 Å². The molecule has 1 atom stereocenters. The molecule has 1 unspecified atom stereocenters. The zero-order valence-corrected chi connectivity index (χ0v) is 10.2. The van der Waals surface area contributed by atoms with Crippen LogP contribution >= 0.6 is 0 Å². The number of H-pyrrole nitrogens is 1. The van der Waals surface area contributed by atoms with Crippen LogP contribution in [0.3, 0.4) is 0 Å². The highest BCUT2D eigenvalue weighted by Gasteiger charge is 2.20. The predicted octanol–water partition coefficient (Wildman–Crippen LogP) is -1.78. The van der Waals surface area contributed by atoms with Crippen LogP contribution in [0, 0.1) is 0 Å². The van der Waals surface area contributed by atoms with E-state index in [1.54, 1.807) is 0 Å². The Kier molecular flexibility index (Phi) is 4.16. The van der Waals surface area contributed by atoms with Gasteiger partial charge in [0.2, 0.25) is 5.82 Å². The second kappa shape index (κ2) is 5.84. The van der Waals surface area contributed by atoms with Crippen LogP contribution < -0.4 is 4.31 Å². The van der Waals surface area contributed by atoms with Crippen molar-refractivity contribution in [3.05, 3.63) is 18.3 Å². The van der Waals surface area contributed by atoms with Gasteiger partial charge in [-0.2, -0.15) is 5.21 Å². The molecule has 4 N–H and O–H groups in total. The number of nitrogens with one attached hydrogen (secondary N) is 1. The van der Waals surface area contributed by atoms with Gasteiger partial charge in [0.1, 0.15) is 5.69 Å². The van der Waals surface area contributed by atoms with E-state index in [1.807, 2.05) is 0 Å². The summed E-state index contributed by atoms with van der Waals surface area (Å²) in [7, 11) is -1.74. The highest BCUT2D eigenvalue weighted by Crippen LogP contribution is 2.17. The molecule has 0 aliphatic carbocycles. The van der Waals surface area contributed by atoms with E-state index in [-0.39, 0.29) is 11.5 Å². The maximum Gasteiger partial charge on any atom is 0.473 e. The molecule has 10 nitrogen and oxygen atoms in total. The van der Waals surface area contributed by atoms with Gasteiger partial charge in [-0.05, 0) is 17.3 Å². The van der Waals surface area contributed by atoms with E-state index in [2.05, 4.69) is 25.6 Å². The average molecular weight is 284 g/mol. The summed E-state index contributed by atoms with van der Waals surface area (Å²) >= 11 is -2.39. The van der Waals surface area contributed by atoms with Crippen LogP contribution in [-0.2, 0) is 11.3 Å². The molecule has 0 saturated heterocycles. The predicted molar refractivity (Wildman–Crippen MR) is 65.7 cm³/mol. The van der Waals surface area contributed by atoms with Crippen LogP contribution in [-0.4, -0.2) is 58.0 Å². The lowest BCUT2D eigenvalue weighted by molar-refractivity contribution is 0.407. The lowest BCUT2D eigenvalue weighted by Gasteiger charge is -2.18. The molecule has 0 aliphatic heterocycles. The first kappa shape index (κ1) is 13.5. The summed E-state index contributed by atoms with van der Waals surface area (Å²) in [5.74, 6) is 0.283. The molecular weight excluding hydrogens is 275 g/mol. The Labute approximate surface area is 110 Å². The van der Waals surface area contributed by atoms with Gasteiger partial charge in [0.15, 0.2) is 0 Å². The quantitative estimate of drug-likeness (QED) is 0.372. The van der Waals surface area contributed by atoms with Crippen molar-refractivity contribution in [2.24, 2.45) is 0 Å². The molecule has 0 bridgehead atoms. The molecule has 0 spiro atoms. The Morgan fingerprint density at radius 3 is 2.68 bits per heavy atom. The van der Waals surface area contributed by atoms with Crippen LogP contribution in [0.4, 0.5) is 5.69 Å². The van der Waals surface area contributed by atoms with Gasteiger partial charge in [-0.15, -0.1) is 10.2 Å². The van der Waals surface area contributed by atoms with Gasteiger partial charge in [0, 0.05) is 0 Å². The first-order chi connectivity index (χ1) is 9.08. The van der Waals surface area contributed by atoms with Gasteiger partial charge < -0.3 is 10.0 Å². The average Bonchev–Trinajstić information content (AvgIpc) is 2.89. The van der Waals surface area contributed by atoms with E-state index in [4.69, 9.17) is 14.6 Å². The Bertz CT molecular complexity index is 549. The number of pyridine rings is 1. The standard InChI is InChI=1S/C7H9BN6O4S/c15-8(16)4-14(19(17)18)5-1-2-6(9-3-5)7-10-12-13-11-7/h1-3,15-16H,4H2,(H,17,18)(H,10,11,12,13). The molecule has 2 rings (SSSR count). The van der Waals surface area contributed by atoms with Crippen molar-refractivity contribution in [3.63, 3.8) is 0 Å². The highest BCUT2D eigenvalue weighted by molar-refractivity contribution is 7.80. The molecular formula is C7H9BN6O4S. The smallest absolute Gasteiger partial charge is 0.426 e. The molecule has 0 radical (unpaired) electrons.